The molecule has 0 unspecified atom stereocenters. The van der Waals surface area contributed by atoms with Crippen molar-refractivity contribution in [3.05, 3.63) is 59.9 Å². The van der Waals surface area contributed by atoms with Crippen LogP contribution in [0.15, 0.2) is 48.5 Å². The SMILES string of the molecule is C[C@H](NC(=O)[C@H]1C[C@@H]1c1nc2ccccc2[nH]1)C(=O)N(C)c1ccc(C(F)(F)F)cc1. The molecule has 0 saturated heterocycles. The topological polar surface area (TPSA) is 78.1 Å². The van der Waals surface area contributed by atoms with Gasteiger partial charge in [-0.15, -0.1) is 0 Å². The van der Waals surface area contributed by atoms with Gasteiger partial charge in [0.1, 0.15) is 11.9 Å². The van der Waals surface area contributed by atoms with Crippen LogP contribution >= 0.6 is 0 Å². The third-order valence-corrected chi connectivity index (χ3v) is 5.53. The first-order valence-electron chi connectivity index (χ1n) is 9.85. The molecule has 2 N–H and O–H groups in total. The van der Waals surface area contributed by atoms with E-state index in [0.717, 1.165) is 29.0 Å². The molecule has 9 heteroatoms. The normalized spacial score (nSPS) is 19.1. The van der Waals surface area contributed by atoms with Gasteiger partial charge in [0, 0.05) is 24.6 Å². The number of nitrogens with zero attached hydrogens (tertiary/aromatic N) is 2. The Hall–Kier alpha value is -3.36. The van der Waals surface area contributed by atoms with Crippen LogP contribution in [-0.4, -0.2) is 34.9 Å². The van der Waals surface area contributed by atoms with Crippen molar-refractivity contribution in [3.63, 3.8) is 0 Å². The largest absolute Gasteiger partial charge is 0.416 e. The Labute approximate surface area is 176 Å². The molecule has 4 rings (SSSR count). The molecule has 162 valence electrons. The van der Waals surface area contributed by atoms with Crippen LogP contribution in [0.1, 0.15) is 30.7 Å². The molecule has 0 aliphatic heterocycles. The Morgan fingerprint density at radius 2 is 1.84 bits per heavy atom. The predicted molar refractivity (Wildman–Crippen MR) is 109 cm³/mol. The second-order valence-corrected chi connectivity index (χ2v) is 7.76. The average molecular weight is 430 g/mol. The number of aromatic nitrogens is 2. The summed E-state index contributed by atoms with van der Waals surface area (Å²) in [5, 5.41) is 2.71. The van der Waals surface area contributed by atoms with Crippen molar-refractivity contribution in [2.75, 3.05) is 11.9 Å². The Morgan fingerprint density at radius 1 is 1.16 bits per heavy atom. The fourth-order valence-corrected chi connectivity index (χ4v) is 3.61. The smallest absolute Gasteiger partial charge is 0.344 e. The number of likely N-dealkylation sites (N-methyl/N-ethyl adjacent to an activating group) is 1. The summed E-state index contributed by atoms with van der Waals surface area (Å²) in [5.74, 6) is -0.210. The molecule has 0 bridgehead atoms. The van der Waals surface area contributed by atoms with Crippen LogP contribution in [0.5, 0.6) is 0 Å². The van der Waals surface area contributed by atoms with Crippen molar-refractivity contribution in [3.8, 4) is 0 Å². The van der Waals surface area contributed by atoms with Gasteiger partial charge in [-0.25, -0.2) is 4.98 Å². The monoisotopic (exact) mass is 430 g/mol. The van der Waals surface area contributed by atoms with E-state index in [4.69, 9.17) is 0 Å². The maximum atomic E-state index is 12.7. The number of benzene rings is 2. The van der Waals surface area contributed by atoms with Crippen LogP contribution in [0, 0.1) is 5.92 Å². The third kappa shape index (κ3) is 4.26. The number of nitrogens with one attached hydrogen (secondary N) is 2. The highest BCUT2D eigenvalue weighted by Crippen LogP contribution is 2.46. The van der Waals surface area contributed by atoms with Crippen molar-refractivity contribution >= 4 is 28.5 Å². The summed E-state index contributed by atoms with van der Waals surface area (Å²) in [6, 6.07) is 11.1. The molecule has 2 aromatic carbocycles. The summed E-state index contributed by atoms with van der Waals surface area (Å²) >= 11 is 0. The standard InChI is InChI=1S/C22H21F3N4O2/c1-12(21(31)29(2)14-9-7-13(8-10-14)22(23,24)25)26-20(30)16-11-15(16)19-27-17-5-3-4-6-18(17)28-19/h3-10,12,15-16H,11H2,1-2H3,(H,26,30)(H,27,28)/t12-,15-,16-/m0/s1. The summed E-state index contributed by atoms with van der Waals surface area (Å²) in [4.78, 5) is 34.2. The van der Waals surface area contributed by atoms with Crippen molar-refractivity contribution in [2.45, 2.75) is 31.5 Å². The molecule has 1 saturated carbocycles. The molecule has 1 aliphatic rings. The van der Waals surface area contributed by atoms with Crippen molar-refractivity contribution in [1.82, 2.24) is 15.3 Å². The number of amides is 2. The highest BCUT2D eigenvalue weighted by atomic mass is 19.4. The highest BCUT2D eigenvalue weighted by Gasteiger charge is 2.46. The second kappa shape index (κ2) is 7.72. The highest BCUT2D eigenvalue weighted by molar-refractivity contribution is 5.99. The molecule has 1 aromatic heterocycles. The number of para-hydroxylation sites is 2. The Morgan fingerprint density at radius 3 is 2.48 bits per heavy atom. The van der Waals surface area contributed by atoms with Crippen molar-refractivity contribution in [2.24, 2.45) is 5.92 Å². The van der Waals surface area contributed by atoms with Crippen LogP contribution in [0.3, 0.4) is 0 Å². The maximum absolute atomic E-state index is 12.7. The molecule has 6 nitrogen and oxygen atoms in total. The number of alkyl halides is 3. The van der Waals surface area contributed by atoms with Gasteiger partial charge in [-0.05, 0) is 49.7 Å². The van der Waals surface area contributed by atoms with Gasteiger partial charge in [0.2, 0.25) is 11.8 Å². The molecule has 0 radical (unpaired) electrons. The van der Waals surface area contributed by atoms with Gasteiger partial charge in [-0.2, -0.15) is 13.2 Å². The van der Waals surface area contributed by atoms with Crippen LogP contribution in [0.2, 0.25) is 0 Å². The molecule has 1 aliphatic carbocycles. The summed E-state index contributed by atoms with van der Waals surface area (Å²) < 4.78 is 38.1. The number of anilines is 1. The number of imidazole rings is 1. The Balaban J connectivity index is 1.36. The van der Waals surface area contributed by atoms with Gasteiger partial charge in [0.05, 0.1) is 16.6 Å². The minimum absolute atomic E-state index is 0.0256. The quantitative estimate of drug-likeness (QED) is 0.646. The van der Waals surface area contributed by atoms with Gasteiger partial charge in [-0.3, -0.25) is 9.59 Å². The predicted octanol–water partition coefficient (Wildman–Crippen LogP) is 3.85. The van der Waals surface area contributed by atoms with Crippen LogP contribution in [0.25, 0.3) is 11.0 Å². The van der Waals surface area contributed by atoms with E-state index in [-0.39, 0.29) is 17.7 Å². The third-order valence-electron chi connectivity index (χ3n) is 5.53. The van der Waals surface area contributed by atoms with E-state index in [9.17, 15) is 22.8 Å². The lowest BCUT2D eigenvalue weighted by atomic mass is 10.1. The van der Waals surface area contributed by atoms with E-state index < -0.39 is 23.7 Å². The number of halogens is 3. The molecule has 2 amide bonds. The van der Waals surface area contributed by atoms with E-state index in [1.165, 1.54) is 24.1 Å². The zero-order valence-electron chi connectivity index (χ0n) is 16.9. The van der Waals surface area contributed by atoms with E-state index in [2.05, 4.69) is 15.3 Å². The van der Waals surface area contributed by atoms with E-state index in [1.54, 1.807) is 6.92 Å². The lowest BCUT2D eigenvalue weighted by Gasteiger charge is -2.22. The zero-order chi connectivity index (χ0) is 22.3. The first kappa shape index (κ1) is 20.9. The molecule has 3 atom stereocenters. The second-order valence-electron chi connectivity index (χ2n) is 7.76. The van der Waals surface area contributed by atoms with Gasteiger partial charge >= 0.3 is 6.18 Å². The molecule has 1 heterocycles. The number of fused-ring (bicyclic) bond motifs is 1. The van der Waals surface area contributed by atoms with Gasteiger partial charge in [-0.1, -0.05) is 12.1 Å². The fraction of sp³-hybridized carbons (Fsp3) is 0.318. The maximum Gasteiger partial charge on any atom is 0.416 e. The molecule has 1 fully saturated rings. The number of rotatable bonds is 5. The number of hydrogen-bond donors (Lipinski definition) is 2. The van der Waals surface area contributed by atoms with Crippen LogP contribution in [0.4, 0.5) is 18.9 Å². The zero-order valence-corrected chi connectivity index (χ0v) is 16.9. The van der Waals surface area contributed by atoms with E-state index in [0.29, 0.717) is 12.1 Å². The first-order valence-corrected chi connectivity index (χ1v) is 9.85. The molecule has 3 aromatic rings. The van der Waals surface area contributed by atoms with E-state index in [1.807, 2.05) is 24.3 Å². The molecular weight excluding hydrogens is 409 g/mol. The number of carbonyl (C=O) groups excluding carboxylic acids is 2. The number of carbonyl (C=O) groups is 2. The van der Waals surface area contributed by atoms with Gasteiger partial charge in [0.25, 0.3) is 0 Å². The van der Waals surface area contributed by atoms with Gasteiger partial charge < -0.3 is 15.2 Å². The van der Waals surface area contributed by atoms with Gasteiger partial charge in [0.15, 0.2) is 0 Å². The Bertz CT molecular complexity index is 1090. The Kier molecular flexibility index (Phi) is 5.20. The van der Waals surface area contributed by atoms with E-state index >= 15 is 0 Å². The van der Waals surface area contributed by atoms with Crippen molar-refractivity contribution in [1.29, 1.82) is 0 Å². The summed E-state index contributed by atoms with van der Waals surface area (Å²) in [6.45, 7) is 1.55. The minimum Gasteiger partial charge on any atom is -0.344 e. The lowest BCUT2D eigenvalue weighted by molar-refractivity contribution is -0.137. The van der Waals surface area contributed by atoms with Crippen LogP contribution in [-0.2, 0) is 15.8 Å². The first-order chi connectivity index (χ1) is 14.6. The minimum atomic E-state index is -4.44. The molecule has 31 heavy (non-hydrogen) atoms. The summed E-state index contributed by atoms with van der Waals surface area (Å²) in [6.07, 6.45) is -3.80. The fourth-order valence-electron chi connectivity index (χ4n) is 3.61. The molecule has 0 spiro atoms. The number of hydrogen-bond acceptors (Lipinski definition) is 3. The molecular formula is C22H21F3N4O2. The number of aromatic amines is 1. The van der Waals surface area contributed by atoms with Crippen LogP contribution < -0.4 is 10.2 Å². The average Bonchev–Trinajstić information content (AvgIpc) is 3.43. The number of H-pyrrole nitrogens is 1. The summed E-state index contributed by atoms with van der Waals surface area (Å²) in [7, 11) is 1.46. The lowest BCUT2D eigenvalue weighted by Crippen LogP contribution is -2.46. The van der Waals surface area contributed by atoms with Crippen molar-refractivity contribution < 1.29 is 22.8 Å². The summed E-state index contributed by atoms with van der Waals surface area (Å²) in [5.41, 5.74) is 1.27.